The highest BCUT2D eigenvalue weighted by Gasteiger charge is 2.40. The van der Waals surface area contributed by atoms with Crippen molar-refractivity contribution >= 4 is 14.0 Å². The average Bonchev–Trinajstić information content (AvgIpc) is 2.51. The van der Waals surface area contributed by atoms with Gasteiger partial charge in [0.05, 0.1) is 27.7 Å². The first-order chi connectivity index (χ1) is 12.3. The Morgan fingerprint density at radius 1 is 1.19 bits per heavy atom. The summed E-state index contributed by atoms with van der Waals surface area (Å²) in [5, 5.41) is 9.40. The molecule has 1 saturated carbocycles. The van der Waals surface area contributed by atoms with Crippen LogP contribution >= 0.6 is 0 Å². The van der Waals surface area contributed by atoms with Crippen molar-refractivity contribution in [3.8, 4) is 0 Å². The first kappa shape index (κ1) is 22.6. The van der Waals surface area contributed by atoms with Crippen LogP contribution in [0.4, 0.5) is 0 Å². The van der Waals surface area contributed by atoms with Gasteiger partial charge >= 0.3 is 5.97 Å². The molecule has 0 amide bonds. The molecule has 5 heteroatoms. The van der Waals surface area contributed by atoms with Gasteiger partial charge in [-0.05, 0) is 43.9 Å². The third kappa shape index (κ3) is 6.72. The lowest BCUT2D eigenvalue weighted by Gasteiger charge is -2.44. The SMILES string of the molecule is C[C@@H]1CC[C@@H](CC(=O)O)/C(=C/[Si](C)(C)C)[C@H]1CCC1(C)OCC(C)(C)CO1. The summed E-state index contributed by atoms with van der Waals surface area (Å²) in [4.78, 5) is 11.4. The van der Waals surface area contributed by atoms with Gasteiger partial charge in [0, 0.05) is 11.8 Å². The molecule has 0 aromatic rings. The van der Waals surface area contributed by atoms with E-state index in [0.717, 1.165) is 38.9 Å². The van der Waals surface area contributed by atoms with E-state index in [0.29, 0.717) is 11.8 Å². The summed E-state index contributed by atoms with van der Waals surface area (Å²) < 4.78 is 12.2. The topological polar surface area (TPSA) is 55.8 Å². The van der Waals surface area contributed by atoms with Crippen LogP contribution in [-0.4, -0.2) is 38.2 Å². The summed E-state index contributed by atoms with van der Waals surface area (Å²) in [6.07, 6.45) is 4.24. The van der Waals surface area contributed by atoms with Crippen molar-refractivity contribution in [1.29, 1.82) is 0 Å². The molecule has 1 saturated heterocycles. The Kier molecular flexibility index (Phi) is 7.02. The van der Waals surface area contributed by atoms with Gasteiger partial charge in [-0.1, -0.05) is 51.7 Å². The number of carboxylic acids is 1. The molecule has 27 heavy (non-hydrogen) atoms. The van der Waals surface area contributed by atoms with Crippen LogP contribution in [0, 0.1) is 23.2 Å². The molecule has 2 aliphatic rings. The minimum absolute atomic E-state index is 0.0765. The van der Waals surface area contributed by atoms with Gasteiger partial charge in [-0.2, -0.15) is 0 Å². The minimum atomic E-state index is -1.43. The van der Waals surface area contributed by atoms with Gasteiger partial charge in [-0.25, -0.2) is 0 Å². The van der Waals surface area contributed by atoms with Gasteiger partial charge in [-0.15, -0.1) is 0 Å². The Labute approximate surface area is 166 Å². The van der Waals surface area contributed by atoms with Crippen molar-refractivity contribution in [2.24, 2.45) is 23.2 Å². The van der Waals surface area contributed by atoms with Gasteiger partial charge in [0.25, 0.3) is 0 Å². The molecule has 1 N–H and O–H groups in total. The van der Waals surface area contributed by atoms with Crippen molar-refractivity contribution < 1.29 is 19.4 Å². The molecule has 0 aromatic carbocycles. The highest BCUT2D eigenvalue weighted by atomic mass is 28.3. The van der Waals surface area contributed by atoms with E-state index < -0.39 is 19.8 Å². The van der Waals surface area contributed by atoms with Crippen LogP contribution in [0.3, 0.4) is 0 Å². The van der Waals surface area contributed by atoms with Crippen LogP contribution in [-0.2, 0) is 14.3 Å². The maximum atomic E-state index is 11.4. The van der Waals surface area contributed by atoms with Crippen molar-refractivity contribution in [2.75, 3.05) is 13.2 Å². The second kappa shape index (κ2) is 8.38. The molecule has 0 unspecified atom stereocenters. The van der Waals surface area contributed by atoms with E-state index in [1.54, 1.807) is 0 Å². The zero-order valence-corrected chi connectivity index (χ0v) is 19.4. The third-order valence-corrected chi connectivity index (χ3v) is 7.22. The Morgan fingerprint density at radius 3 is 2.30 bits per heavy atom. The number of aliphatic carboxylic acids is 1. The van der Waals surface area contributed by atoms with Crippen LogP contribution < -0.4 is 0 Å². The molecule has 2 fully saturated rings. The fourth-order valence-electron chi connectivity index (χ4n) is 4.41. The van der Waals surface area contributed by atoms with Crippen LogP contribution in [0.5, 0.6) is 0 Å². The third-order valence-electron chi connectivity index (χ3n) is 6.02. The molecule has 3 atom stereocenters. The summed E-state index contributed by atoms with van der Waals surface area (Å²) >= 11 is 0. The van der Waals surface area contributed by atoms with Gasteiger partial charge < -0.3 is 14.6 Å². The molecule has 1 heterocycles. The van der Waals surface area contributed by atoms with Gasteiger partial charge in [-0.3, -0.25) is 4.79 Å². The molecule has 1 aliphatic heterocycles. The number of rotatable bonds is 6. The van der Waals surface area contributed by atoms with E-state index in [-0.39, 0.29) is 17.8 Å². The molecule has 0 aromatic heterocycles. The predicted octanol–water partition coefficient (Wildman–Crippen LogP) is 5.50. The average molecular weight is 397 g/mol. The first-order valence-corrected chi connectivity index (χ1v) is 14.1. The second-order valence-electron chi connectivity index (χ2n) is 10.9. The zero-order valence-electron chi connectivity index (χ0n) is 18.4. The van der Waals surface area contributed by atoms with Crippen molar-refractivity contribution in [2.45, 2.75) is 85.2 Å². The Morgan fingerprint density at radius 2 is 1.78 bits per heavy atom. The smallest absolute Gasteiger partial charge is 0.303 e. The summed E-state index contributed by atoms with van der Waals surface area (Å²) in [6, 6.07) is 0. The number of hydrogen-bond donors (Lipinski definition) is 1. The van der Waals surface area contributed by atoms with Crippen LogP contribution in [0.1, 0.15) is 59.8 Å². The summed E-state index contributed by atoms with van der Waals surface area (Å²) in [6.45, 7) is 17.2. The van der Waals surface area contributed by atoms with E-state index in [9.17, 15) is 9.90 Å². The number of allylic oxidation sites excluding steroid dienone is 1. The maximum Gasteiger partial charge on any atom is 0.303 e. The lowest BCUT2D eigenvalue weighted by molar-refractivity contribution is -0.293. The van der Waals surface area contributed by atoms with Gasteiger partial charge in [0.1, 0.15) is 0 Å². The molecular formula is C22H40O4Si. The number of ether oxygens (including phenoxy) is 2. The lowest BCUT2D eigenvalue weighted by atomic mass is 9.68. The normalized spacial score (nSPS) is 32.4. The Bertz CT molecular complexity index is 551. The van der Waals surface area contributed by atoms with Crippen LogP contribution in [0.15, 0.2) is 11.3 Å². The highest BCUT2D eigenvalue weighted by molar-refractivity contribution is 6.81. The quantitative estimate of drug-likeness (QED) is 0.603. The first-order valence-electron chi connectivity index (χ1n) is 10.5. The molecule has 1 aliphatic carbocycles. The number of carbonyl (C=O) groups is 1. The van der Waals surface area contributed by atoms with E-state index in [4.69, 9.17) is 9.47 Å². The Balaban J connectivity index is 2.15. The second-order valence-corrected chi connectivity index (χ2v) is 15.9. The number of hydrogen-bond acceptors (Lipinski definition) is 3. The molecule has 0 radical (unpaired) electrons. The van der Waals surface area contributed by atoms with Crippen molar-refractivity contribution in [3.05, 3.63) is 11.3 Å². The van der Waals surface area contributed by atoms with Gasteiger partial charge in [0.2, 0.25) is 0 Å². The summed E-state index contributed by atoms with van der Waals surface area (Å²) in [7, 11) is -1.43. The van der Waals surface area contributed by atoms with E-state index in [1.807, 2.05) is 0 Å². The monoisotopic (exact) mass is 396 g/mol. The largest absolute Gasteiger partial charge is 0.481 e. The molecule has 0 spiro atoms. The molecule has 0 bridgehead atoms. The lowest BCUT2D eigenvalue weighted by Crippen LogP contribution is -2.46. The van der Waals surface area contributed by atoms with E-state index >= 15 is 0 Å². The van der Waals surface area contributed by atoms with E-state index in [2.05, 4.69) is 53.0 Å². The zero-order chi connectivity index (χ0) is 20.5. The van der Waals surface area contributed by atoms with Gasteiger partial charge in [0.15, 0.2) is 5.79 Å². The molecule has 2 rings (SSSR count). The summed E-state index contributed by atoms with van der Waals surface area (Å²) in [5.41, 5.74) is 3.97. The number of carboxylic acid groups (broad SMARTS) is 1. The minimum Gasteiger partial charge on any atom is -0.481 e. The van der Waals surface area contributed by atoms with Crippen LogP contribution in [0.25, 0.3) is 0 Å². The molecule has 156 valence electrons. The summed E-state index contributed by atoms with van der Waals surface area (Å²) in [5.74, 6) is 0.0209. The van der Waals surface area contributed by atoms with Crippen molar-refractivity contribution in [1.82, 2.24) is 0 Å². The standard InChI is InChI=1S/C22H40O4Si/c1-16-8-9-17(12-20(23)24)19(13-27(5,6)7)18(16)10-11-22(4)25-14-21(2,3)15-26-22/h13,16-18H,8-12,14-15H2,1-7H3,(H,23,24)/b19-13-/t16-,17+,18+/m1/s1. The van der Waals surface area contributed by atoms with Crippen molar-refractivity contribution in [3.63, 3.8) is 0 Å². The molecular weight excluding hydrogens is 356 g/mol. The molecule has 4 nitrogen and oxygen atoms in total. The fourth-order valence-corrected chi connectivity index (χ4v) is 5.86. The van der Waals surface area contributed by atoms with Crippen LogP contribution in [0.2, 0.25) is 19.6 Å². The highest BCUT2D eigenvalue weighted by Crippen LogP contribution is 2.44. The maximum absolute atomic E-state index is 11.4. The Hall–Kier alpha value is -0.653. The predicted molar refractivity (Wildman–Crippen MR) is 112 cm³/mol. The van der Waals surface area contributed by atoms with E-state index in [1.165, 1.54) is 5.57 Å². The fraction of sp³-hybridized carbons (Fsp3) is 0.864.